The Morgan fingerprint density at radius 3 is 2.33 bits per heavy atom. The first-order valence-corrected chi connectivity index (χ1v) is 9.35. The van der Waals surface area contributed by atoms with Gasteiger partial charge in [-0.3, -0.25) is 0 Å². The summed E-state index contributed by atoms with van der Waals surface area (Å²) in [5.41, 5.74) is -0.187. The van der Waals surface area contributed by atoms with Crippen LogP contribution in [-0.2, 0) is 19.9 Å². The number of carboxylic acids is 1. The van der Waals surface area contributed by atoms with E-state index in [9.17, 15) is 21.6 Å². The van der Waals surface area contributed by atoms with E-state index in [4.69, 9.17) is 10.2 Å². The molecule has 0 aliphatic rings. The molecule has 21 heavy (non-hydrogen) atoms. The summed E-state index contributed by atoms with van der Waals surface area (Å²) in [7, 11) is -7.25. The summed E-state index contributed by atoms with van der Waals surface area (Å²) in [6, 6.07) is 2.77. The third-order valence-electron chi connectivity index (χ3n) is 2.50. The molecule has 4 N–H and O–H groups in total. The highest BCUT2D eigenvalue weighted by molar-refractivity contribution is 7.90. The van der Waals surface area contributed by atoms with E-state index < -0.39 is 31.9 Å². The molecule has 0 aliphatic heterocycles. The molecule has 1 aromatic carbocycles. The predicted molar refractivity (Wildman–Crippen MR) is 77.6 cm³/mol. The molecule has 10 heteroatoms. The molecular weight excluding hydrogens is 320 g/mol. The fourth-order valence-corrected chi connectivity index (χ4v) is 3.30. The maximum Gasteiger partial charge on any atom is 0.337 e. The lowest BCUT2D eigenvalue weighted by Gasteiger charge is -2.16. The van der Waals surface area contributed by atoms with Crippen LogP contribution >= 0.6 is 0 Å². The van der Waals surface area contributed by atoms with Gasteiger partial charge in [0.25, 0.3) is 0 Å². The van der Waals surface area contributed by atoms with Crippen LogP contribution in [0.2, 0.25) is 0 Å². The number of nitrogens with one attached hydrogen (secondary N) is 1. The number of sulfone groups is 1. The number of hydrogen-bond acceptors (Lipinski definition) is 6. The Morgan fingerprint density at radius 2 is 1.90 bits per heavy atom. The first-order valence-electron chi connectivity index (χ1n) is 5.74. The smallest absolute Gasteiger partial charge is 0.337 e. The third kappa shape index (κ3) is 5.33. The average Bonchev–Trinajstić information content (AvgIpc) is 2.24. The standard InChI is InChI=1S/C11H16N2O6S2/c1-7(6-20(2,16)17)13-10-4-3-8(21(12,18)19)5-9(10)11(14)15/h3-5,7,13H,6H2,1-2H3,(H,14,15)(H2,12,18,19). The molecule has 0 saturated heterocycles. The first-order chi connectivity index (χ1) is 9.40. The zero-order valence-corrected chi connectivity index (χ0v) is 13.0. The summed E-state index contributed by atoms with van der Waals surface area (Å²) in [4.78, 5) is 10.8. The van der Waals surface area contributed by atoms with Crippen LogP contribution in [0, 0.1) is 0 Å². The van der Waals surface area contributed by atoms with Crippen molar-refractivity contribution >= 4 is 31.5 Å². The molecule has 0 heterocycles. The van der Waals surface area contributed by atoms with Crippen LogP contribution in [0.3, 0.4) is 0 Å². The molecule has 1 rings (SSSR count). The molecule has 118 valence electrons. The highest BCUT2D eigenvalue weighted by Crippen LogP contribution is 2.21. The van der Waals surface area contributed by atoms with Crippen LogP contribution in [0.25, 0.3) is 0 Å². The number of benzene rings is 1. The highest BCUT2D eigenvalue weighted by Gasteiger charge is 2.18. The van der Waals surface area contributed by atoms with E-state index >= 15 is 0 Å². The molecule has 8 nitrogen and oxygen atoms in total. The average molecular weight is 336 g/mol. The number of carboxylic acid groups (broad SMARTS) is 1. The molecule has 0 amide bonds. The summed E-state index contributed by atoms with van der Waals surface area (Å²) in [6.07, 6.45) is 1.06. The number of anilines is 1. The van der Waals surface area contributed by atoms with Gasteiger partial charge in [-0.15, -0.1) is 0 Å². The summed E-state index contributed by atoms with van der Waals surface area (Å²) in [6.45, 7) is 1.57. The normalized spacial score (nSPS) is 13.7. The van der Waals surface area contributed by atoms with Crippen molar-refractivity contribution in [3.05, 3.63) is 23.8 Å². The number of aromatic carboxylic acids is 1. The monoisotopic (exact) mass is 336 g/mol. The van der Waals surface area contributed by atoms with Gasteiger partial charge in [0.1, 0.15) is 9.84 Å². The Balaban J connectivity index is 3.17. The summed E-state index contributed by atoms with van der Waals surface area (Å²) >= 11 is 0. The van der Waals surface area contributed by atoms with E-state index in [0.717, 1.165) is 18.4 Å². The van der Waals surface area contributed by atoms with Gasteiger partial charge in [0.15, 0.2) is 0 Å². The lowest BCUT2D eigenvalue weighted by Crippen LogP contribution is -2.26. The highest BCUT2D eigenvalue weighted by atomic mass is 32.2. The van der Waals surface area contributed by atoms with Crippen molar-refractivity contribution < 1.29 is 26.7 Å². The van der Waals surface area contributed by atoms with Crippen LogP contribution in [0.15, 0.2) is 23.1 Å². The van der Waals surface area contributed by atoms with E-state index in [-0.39, 0.29) is 21.9 Å². The second kappa shape index (κ2) is 6.00. The Kier molecular flexibility index (Phi) is 4.97. The zero-order chi connectivity index (χ0) is 16.4. The van der Waals surface area contributed by atoms with Gasteiger partial charge in [-0.2, -0.15) is 0 Å². The SMILES string of the molecule is CC(CS(C)(=O)=O)Nc1ccc(S(N)(=O)=O)cc1C(=O)O. The van der Waals surface area contributed by atoms with Gasteiger partial charge >= 0.3 is 5.97 Å². The van der Waals surface area contributed by atoms with Crippen molar-refractivity contribution in [3.63, 3.8) is 0 Å². The molecular formula is C11H16N2O6S2. The molecule has 1 aromatic rings. The third-order valence-corrected chi connectivity index (χ3v) is 4.52. The molecule has 1 atom stereocenters. The predicted octanol–water partition coefficient (Wildman–Crippen LogP) is -0.123. The molecule has 0 radical (unpaired) electrons. The van der Waals surface area contributed by atoms with E-state index in [1.807, 2.05) is 0 Å². The van der Waals surface area contributed by atoms with Crippen LogP contribution in [0.4, 0.5) is 5.69 Å². The maximum absolute atomic E-state index is 11.2. The molecule has 0 saturated carbocycles. The summed E-state index contributed by atoms with van der Waals surface area (Å²) in [5, 5.41) is 16.8. The number of hydrogen-bond donors (Lipinski definition) is 3. The van der Waals surface area contributed by atoms with Crippen molar-refractivity contribution in [3.8, 4) is 0 Å². The quantitative estimate of drug-likeness (QED) is 0.656. The Labute approximate surface area is 122 Å². The van der Waals surface area contributed by atoms with Gasteiger partial charge in [0, 0.05) is 18.0 Å². The van der Waals surface area contributed by atoms with E-state index in [1.165, 1.54) is 6.07 Å². The van der Waals surface area contributed by atoms with Gasteiger partial charge in [-0.1, -0.05) is 0 Å². The van der Waals surface area contributed by atoms with Crippen LogP contribution < -0.4 is 10.5 Å². The fourth-order valence-electron chi connectivity index (χ4n) is 1.76. The topological polar surface area (TPSA) is 144 Å². The molecule has 0 fully saturated rings. The lowest BCUT2D eigenvalue weighted by molar-refractivity contribution is 0.0697. The minimum atomic E-state index is -4.02. The lowest BCUT2D eigenvalue weighted by atomic mass is 10.1. The Morgan fingerprint density at radius 1 is 1.33 bits per heavy atom. The van der Waals surface area contributed by atoms with Crippen molar-refractivity contribution in [2.24, 2.45) is 5.14 Å². The Hall–Kier alpha value is -1.65. The second-order valence-electron chi connectivity index (χ2n) is 4.70. The maximum atomic E-state index is 11.2. The van der Waals surface area contributed by atoms with Gasteiger partial charge in [-0.25, -0.2) is 26.8 Å². The first kappa shape index (κ1) is 17.4. The Bertz CT molecular complexity index is 755. The van der Waals surface area contributed by atoms with Gasteiger partial charge in [-0.05, 0) is 25.1 Å². The molecule has 0 bridgehead atoms. The number of rotatable bonds is 6. The summed E-state index contributed by atoms with van der Waals surface area (Å²) in [5.74, 6) is -1.54. The molecule has 1 unspecified atom stereocenters. The van der Waals surface area contributed by atoms with Gasteiger partial charge in [0.2, 0.25) is 10.0 Å². The van der Waals surface area contributed by atoms with Crippen LogP contribution in [-0.4, -0.2) is 46.0 Å². The van der Waals surface area contributed by atoms with Crippen molar-refractivity contribution in [1.82, 2.24) is 0 Å². The number of sulfonamides is 1. The largest absolute Gasteiger partial charge is 0.478 e. The fraction of sp³-hybridized carbons (Fsp3) is 0.364. The molecule has 0 aliphatic carbocycles. The summed E-state index contributed by atoms with van der Waals surface area (Å²) < 4.78 is 44.8. The minimum absolute atomic E-state index is 0.117. The number of carbonyl (C=O) groups is 1. The van der Waals surface area contributed by atoms with Crippen molar-refractivity contribution in [1.29, 1.82) is 0 Å². The number of nitrogens with two attached hydrogens (primary N) is 1. The van der Waals surface area contributed by atoms with Crippen molar-refractivity contribution in [2.45, 2.75) is 17.9 Å². The van der Waals surface area contributed by atoms with Crippen LogP contribution in [0.1, 0.15) is 17.3 Å². The second-order valence-corrected chi connectivity index (χ2v) is 8.44. The minimum Gasteiger partial charge on any atom is -0.478 e. The van der Waals surface area contributed by atoms with Gasteiger partial charge in [0.05, 0.1) is 16.2 Å². The van der Waals surface area contributed by atoms with Crippen molar-refractivity contribution in [2.75, 3.05) is 17.3 Å². The number of primary sulfonamides is 1. The zero-order valence-electron chi connectivity index (χ0n) is 11.4. The van der Waals surface area contributed by atoms with Crippen LogP contribution in [0.5, 0.6) is 0 Å². The van der Waals surface area contributed by atoms with Gasteiger partial charge < -0.3 is 10.4 Å². The van der Waals surface area contributed by atoms with E-state index in [0.29, 0.717) is 0 Å². The van der Waals surface area contributed by atoms with E-state index in [2.05, 4.69) is 5.32 Å². The molecule has 0 spiro atoms. The van der Waals surface area contributed by atoms with E-state index in [1.54, 1.807) is 6.92 Å². The molecule has 0 aromatic heterocycles.